The van der Waals surface area contributed by atoms with Crippen molar-refractivity contribution >= 4 is 45.4 Å². The van der Waals surface area contributed by atoms with Gasteiger partial charge in [-0.2, -0.15) is 0 Å². The Bertz CT molecular complexity index is 2170. The maximum absolute atomic E-state index is 14.2. The lowest BCUT2D eigenvalue weighted by atomic mass is 9.61. The number of hydrogen-bond acceptors (Lipinski definition) is 11. The molecule has 1 heterocycles. The number of rotatable bonds is 2. The Morgan fingerprint density at radius 1 is 1.00 bits per heavy atom. The molecule has 4 N–H and O–H groups in total. The summed E-state index contributed by atoms with van der Waals surface area (Å²) in [6.45, 7) is 2.94. The number of phenols is 3. The van der Waals surface area contributed by atoms with Gasteiger partial charge in [-0.05, 0) is 48.7 Å². The average Bonchev–Trinajstić information content (AvgIpc) is 3.18. The second-order valence-corrected chi connectivity index (χ2v) is 11.3. The first-order valence-electron chi connectivity index (χ1n) is 13.6. The highest BCUT2D eigenvalue weighted by atomic mass is 16.5. The Hall–Kier alpha value is -5.58. The number of allylic oxidation sites excluding steroid dienone is 1. The number of carbonyl (C=O) groups is 3. The maximum Gasteiger partial charge on any atom is 0.342 e. The number of ether oxygens (including phenoxy) is 2. The van der Waals surface area contributed by atoms with E-state index in [9.17, 15) is 39.6 Å². The molecule has 1 spiro atoms. The van der Waals surface area contributed by atoms with Crippen LogP contribution in [0.1, 0.15) is 57.1 Å². The molecule has 3 unspecified atom stereocenters. The molecule has 0 saturated carbocycles. The van der Waals surface area contributed by atoms with Crippen LogP contribution in [-0.2, 0) is 25.5 Å². The summed E-state index contributed by atoms with van der Waals surface area (Å²) in [6, 6.07) is 7.06. The molecular weight excluding hydrogens is 572 g/mol. The van der Waals surface area contributed by atoms with Gasteiger partial charge in [-0.15, -0.1) is 0 Å². The molecule has 3 aromatic carbocycles. The molecule has 222 valence electrons. The standard InChI is InChI=1S/C33H24O11/c1-12-8-16-22(18(36)9-12)30(40)26-27(37)15-6-7-33(26,31(16)43-13(2)34)11-14-10-20-25(28(38)21(14)15)29(39)24-19(44-20)5-4-17(35)23(24)32(41)42-3/h4-10,15,31,35-36,38,40H,11H2,1-3H3. The van der Waals surface area contributed by atoms with Crippen molar-refractivity contribution in [2.75, 3.05) is 7.11 Å². The zero-order valence-electron chi connectivity index (χ0n) is 23.5. The number of aryl methyl sites for hydroxylation is 1. The highest BCUT2D eigenvalue weighted by Crippen LogP contribution is 2.61. The third kappa shape index (κ3) is 3.37. The molecule has 11 heteroatoms. The summed E-state index contributed by atoms with van der Waals surface area (Å²) in [6.07, 6.45) is 1.97. The smallest absolute Gasteiger partial charge is 0.342 e. The van der Waals surface area contributed by atoms with E-state index in [1.165, 1.54) is 37.3 Å². The lowest BCUT2D eigenvalue weighted by Crippen LogP contribution is -2.42. The van der Waals surface area contributed by atoms with Gasteiger partial charge in [0.2, 0.25) is 5.43 Å². The van der Waals surface area contributed by atoms with Crippen LogP contribution >= 0.6 is 0 Å². The summed E-state index contributed by atoms with van der Waals surface area (Å²) < 4.78 is 16.6. The van der Waals surface area contributed by atoms with Gasteiger partial charge >= 0.3 is 11.9 Å². The number of Topliss-reactive ketones (excluding diaryl/α,β-unsaturated/α-hetero) is 1. The van der Waals surface area contributed by atoms with E-state index >= 15 is 0 Å². The fourth-order valence-corrected chi connectivity index (χ4v) is 7.10. The van der Waals surface area contributed by atoms with E-state index in [2.05, 4.69) is 0 Å². The number of ketones is 1. The number of aromatic hydroxyl groups is 3. The van der Waals surface area contributed by atoms with Crippen molar-refractivity contribution in [3.8, 4) is 17.2 Å². The predicted molar refractivity (Wildman–Crippen MR) is 155 cm³/mol. The number of benzene rings is 3. The van der Waals surface area contributed by atoms with E-state index in [4.69, 9.17) is 13.9 Å². The molecule has 4 aromatic rings. The average molecular weight is 597 g/mol. The lowest BCUT2D eigenvalue weighted by Gasteiger charge is -2.44. The Morgan fingerprint density at radius 2 is 1.75 bits per heavy atom. The first-order chi connectivity index (χ1) is 20.9. The van der Waals surface area contributed by atoms with Crippen LogP contribution < -0.4 is 5.43 Å². The van der Waals surface area contributed by atoms with E-state index in [0.29, 0.717) is 16.7 Å². The lowest BCUT2D eigenvalue weighted by molar-refractivity contribution is -0.152. The first-order valence-corrected chi connectivity index (χ1v) is 13.6. The van der Waals surface area contributed by atoms with Crippen molar-refractivity contribution in [2.45, 2.75) is 32.3 Å². The molecule has 0 aliphatic heterocycles. The molecule has 8 rings (SSSR count). The van der Waals surface area contributed by atoms with Crippen LogP contribution in [0.4, 0.5) is 0 Å². The third-order valence-electron chi connectivity index (χ3n) is 8.77. The van der Waals surface area contributed by atoms with Crippen LogP contribution in [0.25, 0.3) is 27.7 Å². The number of aliphatic hydroxyl groups excluding tert-OH is 1. The first kappa shape index (κ1) is 27.3. The second-order valence-electron chi connectivity index (χ2n) is 11.3. The Labute approximate surface area is 247 Å². The van der Waals surface area contributed by atoms with Crippen LogP contribution in [-0.4, -0.2) is 45.3 Å². The normalized spacial score (nSPS) is 21.6. The minimum absolute atomic E-state index is 0.0338. The Balaban J connectivity index is 1.56. The van der Waals surface area contributed by atoms with Crippen molar-refractivity contribution in [1.29, 1.82) is 0 Å². The Kier molecular flexibility index (Phi) is 5.55. The zero-order chi connectivity index (χ0) is 31.4. The highest BCUT2D eigenvalue weighted by Gasteiger charge is 2.57. The number of phenolic OH excluding ortho intramolecular Hbond substituents is 3. The fraction of sp³-hybridized carbons (Fsp3) is 0.212. The molecular formula is C33H24O11. The zero-order valence-corrected chi connectivity index (χ0v) is 23.5. The summed E-state index contributed by atoms with van der Waals surface area (Å²) in [4.78, 5) is 53.1. The molecule has 2 bridgehead atoms. The van der Waals surface area contributed by atoms with Crippen molar-refractivity contribution in [1.82, 2.24) is 0 Å². The van der Waals surface area contributed by atoms with Crippen molar-refractivity contribution < 1.29 is 48.7 Å². The topological polar surface area (TPSA) is 181 Å². The quantitative estimate of drug-likeness (QED) is 0.145. The molecule has 0 radical (unpaired) electrons. The number of fused-ring (bicyclic) bond motifs is 3. The number of hydrogen-bond donors (Lipinski definition) is 4. The maximum atomic E-state index is 14.2. The van der Waals surface area contributed by atoms with E-state index < -0.39 is 63.4 Å². The molecule has 4 aliphatic carbocycles. The summed E-state index contributed by atoms with van der Waals surface area (Å²) in [5.41, 5.74) is -1.60. The van der Waals surface area contributed by atoms with E-state index in [-0.39, 0.29) is 50.8 Å². The molecule has 0 fully saturated rings. The Morgan fingerprint density at radius 3 is 2.45 bits per heavy atom. The van der Waals surface area contributed by atoms with Crippen molar-refractivity contribution in [2.24, 2.45) is 5.41 Å². The van der Waals surface area contributed by atoms with Crippen LogP contribution in [0.3, 0.4) is 0 Å². The molecule has 3 atom stereocenters. The van der Waals surface area contributed by atoms with Crippen LogP contribution in [0, 0.1) is 12.3 Å². The van der Waals surface area contributed by atoms with Gasteiger partial charge < -0.3 is 34.3 Å². The number of carbonyl (C=O) groups excluding carboxylic acids is 3. The van der Waals surface area contributed by atoms with Gasteiger partial charge in [-0.3, -0.25) is 14.4 Å². The van der Waals surface area contributed by atoms with Gasteiger partial charge in [0, 0.05) is 18.1 Å². The van der Waals surface area contributed by atoms with Gasteiger partial charge in [0.15, 0.2) is 5.78 Å². The predicted octanol–water partition coefficient (Wildman–Crippen LogP) is 4.51. The summed E-state index contributed by atoms with van der Waals surface area (Å²) >= 11 is 0. The van der Waals surface area contributed by atoms with E-state index in [1.807, 2.05) is 0 Å². The monoisotopic (exact) mass is 596 g/mol. The molecule has 0 amide bonds. The van der Waals surface area contributed by atoms with Gasteiger partial charge in [0.05, 0.1) is 35.0 Å². The largest absolute Gasteiger partial charge is 0.507 e. The molecule has 1 aromatic heterocycles. The summed E-state index contributed by atoms with van der Waals surface area (Å²) in [5, 5.41) is 43.8. The van der Waals surface area contributed by atoms with Gasteiger partial charge in [0.1, 0.15) is 51.2 Å². The van der Waals surface area contributed by atoms with E-state index in [1.54, 1.807) is 19.1 Å². The number of aliphatic hydroxyl groups is 1. The van der Waals surface area contributed by atoms with Crippen LogP contribution in [0.5, 0.6) is 17.2 Å². The van der Waals surface area contributed by atoms with Crippen molar-refractivity contribution in [3.05, 3.63) is 91.7 Å². The minimum atomic E-state index is -1.44. The van der Waals surface area contributed by atoms with Gasteiger partial charge in [-0.1, -0.05) is 18.2 Å². The third-order valence-corrected chi connectivity index (χ3v) is 8.77. The molecule has 44 heavy (non-hydrogen) atoms. The molecule has 11 nitrogen and oxygen atoms in total. The fourth-order valence-electron chi connectivity index (χ4n) is 7.10. The SMILES string of the molecule is COC(=O)c1c(O)ccc2oc3cc4c(c(O)c3c(=O)c12)C1C=CC2(C4)C(=C(O)c3c(O)cc(C)cc3C2OC(C)=O)C1=O. The van der Waals surface area contributed by atoms with Crippen LogP contribution in [0.2, 0.25) is 0 Å². The van der Waals surface area contributed by atoms with Crippen molar-refractivity contribution in [3.63, 3.8) is 0 Å². The molecule has 4 aliphatic rings. The second kappa shape index (κ2) is 8.96. The van der Waals surface area contributed by atoms with Gasteiger partial charge in [-0.25, -0.2) is 4.79 Å². The summed E-state index contributed by atoms with van der Waals surface area (Å²) in [7, 11) is 1.08. The van der Waals surface area contributed by atoms with Gasteiger partial charge in [0.25, 0.3) is 0 Å². The minimum Gasteiger partial charge on any atom is -0.507 e. The number of esters is 2. The highest BCUT2D eigenvalue weighted by molar-refractivity contribution is 6.13. The molecule has 0 saturated heterocycles. The van der Waals surface area contributed by atoms with E-state index in [0.717, 1.165) is 7.11 Å². The number of methoxy groups -OCH3 is 1. The summed E-state index contributed by atoms with van der Waals surface area (Å²) in [5.74, 6) is -5.33. The van der Waals surface area contributed by atoms with Crippen LogP contribution in [0.15, 0.2) is 57.3 Å².